The highest BCUT2D eigenvalue weighted by Gasteiger charge is 2.11. The molecule has 0 radical (unpaired) electrons. The molecular formula is C16H15N7O3S. The predicted molar refractivity (Wildman–Crippen MR) is 98.4 cm³/mol. The first-order valence-corrected chi connectivity index (χ1v) is 8.72. The monoisotopic (exact) mass is 385 g/mol. The number of pyridine rings is 1. The van der Waals surface area contributed by atoms with Crippen molar-refractivity contribution < 1.29 is 14.7 Å². The lowest BCUT2D eigenvalue weighted by Gasteiger charge is -2.08. The highest BCUT2D eigenvalue weighted by Crippen LogP contribution is 2.20. The quantitative estimate of drug-likeness (QED) is 0.540. The van der Waals surface area contributed by atoms with E-state index in [1.165, 1.54) is 28.7 Å². The number of aryl methyl sites for hydroxylation is 1. The van der Waals surface area contributed by atoms with Crippen LogP contribution in [0.5, 0.6) is 5.75 Å². The van der Waals surface area contributed by atoms with E-state index < -0.39 is 5.91 Å². The Bertz CT molecular complexity index is 959. The Morgan fingerprint density at radius 3 is 2.63 bits per heavy atom. The molecule has 0 saturated heterocycles. The molecule has 0 unspecified atom stereocenters. The third-order valence-electron chi connectivity index (χ3n) is 3.36. The standard InChI is InChI=1S/C16H15N7O3S/c1-23-16(20-21-22-23)27-9-13(25)18-11-6-4-10(5-7-11)15(26)19-14-12(24)3-2-8-17-14/h2-8,24H,9H2,1H3,(H,18,25)(H,17,19,26). The first kappa shape index (κ1) is 18.3. The van der Waals surface area contributed by atoms with Crippen LogP contribution in [0.4, 0.5) is 11.5 Å². The van der Waals surface area contributed by atoms with E-state index in [4.69, 9.17) is 0 Å². The normalized spacial score (nSPS) is 10.4. The molecule has 138 valence electrons. The Morgan fingerprint density at radius 1 is 1.19 bits per heavy atom. The first-order valence-electron chi connectivity index (χ1n) is 7.73. The lowest BCUT2D eigenvalue weighted by Crippen LogP contribution is -2.15. The maximum absolute atomic E-state index is 12.2. The zero-order valence-corrected chi connectivity index (χ0v) is 15.0. The number of amides is 2. The van der Waals surface area contributed by atoms with Gasteiger partial charge in [-0.2, -0.15) is 0 Å². The summed E-state index contributed by atoms with van der Waals surface area (Å²) in [7, 11) is 1.69. The second kappa shape index (κ2) is 8.27. The summed E-state index contributed by atoms with van der Waals surface area (Å²) in [5.74, 6) is -0.540. The van der Waals surface area contributed by atoms with Gasteiger partial charge in [-0.25, -0.2) is 9.67 Å². The molecule has 2 aromatic heterocycles. The van der Waals surface area contributed by atoms with Crippen molar-refractivity contribution >= 4 is 35.1 Å². The first-order chi connectivity index (χ1) is 13.0. The average Bonchev–Trinajstić information content (AvgIpc) is 3.07. The van der Waals surface area contributed by atoms with Gasteiger partial charge in [-0.3, -0.25) is 9.59 Å². The number of benzene rings is 1. The van der Waals surface area contributed by atoms with E-state index in [0.717, 1.165) is 0 Å². The third kappa shape index (κ3) is 4.79. The number of anilines is 2. The Morgan fingerprint density at radius 2 is 1.96 bits per heavy atom. The molecular weight excluding hydrogens is 370 g/mol. The molecule has 3 rings (SSSR count). The summed E-state index contributed by atoms with van der Waals surface area (Å²) >= 11 is 1.21. The summed E-state index contributed by atoms with van der Waals surface area (Å²) in [6.07, 6.45) is 1.46. The summed E-state index contributed by atoms with van der Waals surface area (Å²) in [5.41, 5.74) is 0.909. The zero-order chi connectivity index (χ0) is 19.2. The lowest BCUT2D eigenvalue weighted by atomic mass is 10.2. The molecule has 0 saturated carbocycles. The number of rotatable bonds is 6. The molecule has 10 nitrogen and oxygen atoms in total. The molecule has 27 heavy (non-hydrogen) atoms. The number of hydrogen-bond acceptors (Lipinski definition) is 8. The fourth-order valence-corrected chi connectivity index (χ4v) is 2.70. The third-order valence-corrected chi connectivity index (χ3v) is 4.37. The van der Waals surface area contributed by atoms with E-state index in [9.17, 15) is 14.7 Å². The molecule has 0 aliphatic carbocycles. The lowest BCUT2D eigenvalue weighted by molar-refractivity contribution is -0.113. The number of tetrazole rings is 1. The molecule has 3 N–H and O–H groups in total. The molecule has 0 fully saturated rings. The van der Waals surface area contributed by atoms with Gasteiger partial charge in [0.05, 0.1) is 5.75 Å². The van der Waals surface area contributed by atoms with E-state index in [1.54, 1.807) is 37.4 Å². The van der Waals surface area contributed by atoms with Crippen molar-refractivity contribution in [3.63, 3.8) is 0 Å². The van der Waals surface area contributed by atoms with Crippen molar-refractivity contribution in [1.29, 1.82) is 0 Å². The molecule has 2 heterocycles. The van der Waals surface area contributed by atoms with Gasteiger partial charge >= 0.3 is 0 Å². The summed E-state index contributed by atoms with van der Waals surface area (Å²) < 4.78 is 1.48. The van der Waals surface area contributed by atoms with E-state index in [1.807, 2.05) is 0 Å². The molecule has 2 amide bonds. The summed E-state index contributed by atoms with van der Waals surface area (Å²) in [4.78, 5) is 28.1. The Kier molecular flexibility index (Phi) is 5.61. The van der Waals surface area contributed by atoms with E-state index >= 15 is 0 Å². The van der Waals surface area contributed by atoms with Gasteiger partial charge in [0, 0.05) is 24.5 Å². The molecule has 0 atom stereocenters. The molecule has 3 aromatic rings. The minimum Gasteiger partial charge on any atom is -0.504 e. The molecule has 0 aliphatic rings. The highest BCUT2D eigenvalue weighted by molar-refractivity contribution is 7.99. The average molecular weight is 385 g/mol. The zero-order valence-electron chi connectivity index (χ0n) is 14.2. The van der Waals surface area contributed by atoms with Gasteiger partial charge in [0.2, 0.25) is 11.1 Å². The van der Waals surface area contributed by atoms with Crippen molar-refractivity contribution in [2.45, 2.75) is 5.16 Å². The fraction of sp³-hybridized carbons (Fsp3) is 0.125. The number of aromatic nitrogens is 5. The van der Waals surface area contributed by atoms with Crippen molar-refractivity contribution in [3.8, 4) is 5.75 Å². The molecule has 0 aliphatic heterocycles. The van der Waals surface area contributed by atoms with Gasteiger partial charge < -0.3 is 15.7 Å². The maximum Gasteiger partial charge on any atom is 0.256 e. The number of aromatic hydroxyl groups is 1. The molecule has 0 bridgehead atoms. The van der Waals surface area contributed by atoms with Crippen LogP contribution in [0.25, 0.3) is 0 Å². The Hall–Kier alpha value is -3.47. The number of thioether (sulfide) groups is 1. The SMILES string of the molecule is Cn1nnnc1SCC(=O)Nc1ccc(C(=O)Nc2ncccc2O)cc1. The fourth-order valence-electron chi connectivity index (χ4n) is 2.05. The number of nitrogens with one attached hydrogen (secondary N) is 2. The van der Waals surface area contributed by atoms with Crippen LogP contribution in [0.3, 0.4) is 0 Å². The number of hydrogen-bond donors (Lipinski definition) is 3. The van der Waals surface area contributed by atoms with Gasteiger partial charge in [-0.05, 0) is 46.8 Å². The predicted octanol–water partition coefficient (Wildman–Crippen LogP) is 1.29. The van der Waals surface area contributed by atoms with Gasteiger partial charge in [-0.1, -0.05) is 11.8 Å². The number of carbonyl (C=O) groups is 2. The van der Waals surface area contributed by atoms with Crippen LogP contribution < -0.4 is 10.6 Å². The summed E-state index contributed by atoms with van der Waals surface area (Å²) in [5, 5.41) is 26.4. The second-order valence-corrected chi connectivity index (χ2v) is 6.27. The minimum atomic E-state index is -0.424. The van der Waals surface area contributed by atoms with Gasteiger partial charge in [0.25, 0.3) is 5.91 Å². The number of nitrogens with zero attached hydrogens (tertiary/aromatic N) is 5. The largest absolute Gasteiger partial charge is 0.504 e. The van der Waals surface area contributed by atoms with Crippen LogP contribution in [-0.4, -0.2) is 47.9 Å². The van der Waals surface area contributed by atoms with Gasteiger partial charge in [0.1, 0.15) is 0 Å². The summed E-state index contributed by atoms with van der Waals surface area (Å²) in [6, 6.07) is 9.33. The van der Waals surface area contributed by atoms with Crippen LogP contribution in [0, 0.1) is 0 Å². The molecule has 0 spiro atoms. The van der Waals surface area contributed by atoms with E-state index in [-0.39, 0.29) is 23.2 Å². The topological polar surface area (TPSA) is 135 Å². The van der Waals surface area contributed by atoms with Crippen molar-refractivity contribution in [1.82, 2.24) is 25.2 Å². The van der Waals surface area contributed by atoms with Gasteiger partial charge in [-0.15, -0.1) is 5.10 Å². The second-order valence-electron chi connectivity index (χ2n) is 5.32. The highest BCUT2D eigenvalue weighted by atomic mass is 32.2. The maximum atomic E-state index is 12.2. The van der Waals surface area contributed by atoms with Crippen LogP contribution in [0.2, 0.25) is 0 Å². The van der Waals surface area contributed by atoms with Crippen LogP contribution in [0.15, 0.2) is 47.8 Å². The number of carbonyl (C=O) groups excluding carboxylic acids is 2. The van der Waals surface area contributed by atoms with Crippen molar-refractivity contribution in [2.75, 3.05) is 16.4 Å². The van der Waals surface area contributed by atoms with E-state index in [0.29, 0.717) is 16.4 Å². The Balaban J connectivity index is 1.55. The van der Waals surface area contributed by atoms with Crippen molar-refractivity contribution in [3.05, 3.63) is 48.2 Å². The minimum absolute atomic E-state index is 0.0789. The Labute approximate surface area is 158 Å². The van der Waals surface area contributed by atoms with E-state index in [2.05, 4.69) is 31.1 Å². The van der Waals surface area contributed by atoms with Crippen LogP contribution in [-0.2, 0) is 11.8 Å². The van der Waals surface area contributed by atoms with Gasteiger partial charge in [0.15, 0.2) is 11.6 Å². The molecule has 1 aromatic carbocycles. The smallest absolute Gasteiger partial charge is 0.256 e. The molecule has 11 heteroatoms. The summed E-state index contributed by atoms with van der Waals surface area (Å²) in [6.45, 7) is 0. The van der Waals surface area contributed by atoms with Crippen LogP contribution >= 0.6 is 11.8 Å². The van der Waals surface area contributed by atoms with Crippen molar-refractivity contribution in [2.24, 2.45) is 7.05 Å². The van der Waals surface area contributed by atoms with Crippen LogP contribution in [0.1, 0.15) is 10.4 Å².